The first-order valence-electron chi connectivity index (χ1n) is 8.45. The number of nitrogens with zero attached hydrogens (tertiary/aromatic N) is 1. The van der Waals surface area contributed by atoms with Crippen molar-refractivity contribution >= 4 is 17.7 Å². The number of rotatable bonds is 7. The molecule has 6 nitrogen and oxygen atoms in total. The second-order valence-electron chi connectivity index (χ2n) is 5.96. The summed E-state index contributed by atoms with van der Waals surface area (Å²) in [5, 5.41) is -0.143. The molecule has 1 atom stereocenters. The molecule has 0 N–H and O–H groups in total. The molecule has 27 heavy (non-hydrogen) atoms. The van der Waals surface area contributed by atoms with Crippen molar-refractivity contribution in [1.82, 2.24) is 4.90 Å². The minimum Gasteiger partial charge on any atom is -0.493 e. The maximum atomic E-state index is 12.6. The highest BCUT2D eigenvalue weighted by Gasteiger charge is 2.35. The molecule has 1 unspecified atom stereocenters. The highest BCUT2D eigenvalue weighted by atomic mass is 32.2. The number of para-hydroxylation sites is 1. The first kappa shape index (κ1) is 19.2. The maximum absolute atomic E-state index is 12.6. The zero-order chi connectivity index (χ0) is 19.4. The summed E-state index contributed by atoms with van der Waals surface area (Å²) in [6, 6.07) is 11.4. The van der Waals surface area contributed by atoms with E-state index in [4.69, 9.17) is 18.9 Å². The zero-order valence-corrected chi connectivity index (χ0v) is 16.7. The Kier molecular flexibility index (Phi) is 6.01. The number of benzene rings is 2. The molecule has 1 saturated heterocycles. The Bertz CT molecular complexity index is 826. The van der Waals surface area contributed by atoms with Crippen LogP contribution in [0.25, 0.3) is 0 Å². The van der Waals surface area contributed by atoms with E-state index in [9.17, 15) is 4.79 Å². The largest absolute Gasteiger partial charge is 0.493 e. The van der Waals surface area contributed by atoms with Gasteiger partial charge in [0, 0.05) is 12.1 Å². The van der Waals surface area contributed by atoms with Crippen molar-refractivity contribution in [2.24, 2.45) is 0 Å². The maximum Gasteiger partial charge on any atom is 0.234 e. The predicted molar refractivity (Wildman–Crippen MR) is 105 cm³/mol. The average Bonchev–Trinajstić information content (AvgIpc) is 3.07. The molecule has 1 aliphatic rings. The van der Waals surface area contributed by atoms with Crippen molar-refractivity contribution in [2.45, 2.75) is 11.9 Å². The lowest BCUT2D eigenvalue weighted by Gasteiger charge is -2.26. The number of carbonyl (C=O) groups excluding carboxylic acids is 1. The molecule has 2 aromatic carbocycles. The van der Waals surface area contributed by atoms with Crippen LogP contribution in [-0.2, 0) is 11.3 Å². The molecule has 144 valence electrons. The highest BCUT2D eigenvalue weighted by molar-refractivity contribution is 8.00. The van der Waals surface area contributed by atoms with E-state index in [1.54, 1.807) is 40.2 Å². The molecule has 0 radical (unpaired) electrons. The Labute approximate surface area is 163 Å². The minimum atomic E-state index is -0.143. The lowest BCUT2D eigenvalue weighted by Crippen LogP contribution is -2.28. The SMILES string of the molecule is COc1ccc(CN2C(=O)CSC2c2cccc(OC)c2OC)cc1OC. The molecule has 0 spiro atoms. The molecule has 7 heteroatoms. The number of amides is 1. The van der Waals surface area contributed by atoms with Crippen LogP contribution in [0, 0.1) is 0 Å². The predicted octanol–water partition coefficient (Wildman–Crippen LogP) is 3.50. The Morgan fingerprint density at radius 3 is 2.37 bits per heavy atom. The molecule has 0 bridgehead atoms. The molecule has 1 aliphatic heterocycles. The second kappa shape index (κ2) is 8.43. The van der Waals surface area contributed by atoms with Gasteiger partial charge in [0.15, 0.2) is 23.0 Å². The first-order chi connectivity index (χ1) is 13.1. The van der Waals surface area contributed by atoms with Gasteiger partial charge in [-0.2, -0.15) is 0 Å². The van der Waals surface area contributed by atoms with E-state index in [-0.39, 0.29) is 11.3 Å². The van der Waals surface area contributed by atoms with Gasteiger partial charge in [0.05, 0.1) is 34.2 Å². The summed E-state index contributed by atoms with van der Waals surface area (Å²) in [4.78, 5) is 14.4. The molecule has 0 aliphatic carbocycles. The fraction of sp³-hybridized carbons (Fsp3) is 0.350. The van der Waals surface area contributed by atoms with Crippen molar-refractivity contribution in [3.05, 3.63) is 47.5 Å². The number of carbonyl (C=O) groups is 1. The number of thioether (sulfide) groups is 1. The van der Waals surface area contributed by atoms with E-state index < -0.39 is 0 Å². The van der Waals surface area contributed by atoms with Crippen LogP contribution in [0.2, 0.25) is 0 Å². The van der Waals surface area contributed by atoms with Gasteiger partial charge in [-0.05, 0) is 23.8 Å². The normalized spacial score (nSPS) is 16.4. The summed E-state index contributed by atoms with van der Waals surface area (Å²) in [5.41, 5.74) is 1.89. The molecular formula is C20H23NO5S. The summed E-state index contributed by atoms with van der Waals surface area (Å²) >= 11 is 1.58. The molecule has 1 amide bonds. The van der Waals surface area contributed by atoms with E-state index in [1.807, 2.05) is 41.3 Å². The van der Waals surface area contributed by atoms with Crippen LogP contribution < -0.4 is 18.9 Å². The van der Waals surface area contributed by atoms with Crippen LogP contribution in [0.5, 0.6) is 23.0 Å². The van der Waals surface area contributed by atoms with Crippen LogP contribution in [0.4, 0.5) is 0 Å². The Morgan fingerprint density at radius 2 is 1.70 bits per heavy atom. The molecule has 0 saturated carbocycles. The van der Waals surface area contributed by atoms with E-state index in [2.05, 4.69) is 0 Å². The molecule has 1 fully saturated rings. The number of methoxy groups -OCH3 is 4. The van der Waals surface area contributed by atoms with E-state index in [0.717, 1.165) is 11.1 Å². The summed E-state index contributed by atoms with van der Waals surface area (Å²) in [7, 11) is 6.42. The van der Waals surface area contributed by atoms with Crippen LogP contribution in [0.1, 0.15) is 16.5 Å². The standard InChI is InChI=1S/C20H23NO5S/c1-23-15-9-8-13(10-17(15)25-3)11-21-18(22)12-27-20(21)14-6-5-7-16(24-2)19(14)26-4/h5-10,20H,11-12H2,1-4H3. The van der Waals surface area contributed by atoms with Gasteiger partial charge in [0.25, 0.3) is 0 Å². The van der Waals surface area contributed by atoms with Gasteiger partial charge < -0.3 is 23.8 Å². The topological polar surface area (TPSA) is 57.2 Å². The van der Waals surface area contributed by atoms with E-state index in [0.29, 0.717) is 35.3 Å². The summed E-state index contributed by atoms with van der Waals surface area (Å²) in [6.07, 6.45) is 0. The van der Waals surface area contributed by atoms with Crippen LogP contribution >= 0.6 is 11.8 Å². The van der Waals surface area contributed by atoms with Gasteiger partial charge in [-0.15, -0.1) is 11.8 Å². The van der Waals surface area contributed by atoms with Crippen molar-refractivity contribution in [1.29, 1.82) is 0 Å². The van der Waals surface area contributed by atoms with Gasteiger partial charge in [0.1, 0.15) is 5.37 Å². The monoisotopic (exact) mass is 389 g/mol. The fourth-order valence-corrected chi connectivity index (χ4v) is 4.37. The molecular weight excluding hydrogens is 366 g/mol. The van der Waals surface area contributed by atoms with Gasteiger partial charge in [0.2, 0.25) is 5.91 Å². The summed E-state index contributed by atoms with van der Waals surface area (Å²) in [5.74, 6) is 3.13. The third-order valence-electron chi connectivity index (χ3n) is 4.47. The second-order valence-corrected chi connectivity index (χ2v) is 7.03. The fourth-order valence-electron chi connectivity index (χ4n) is 3.16. The first-order valence-corrected chi connectivity index (χ1v) is 9.50. The van der Waals surface area contributed by atoms with E-state index >= 15 is 0 Å². The Balaban J connectivity index is 1.92. The number of hydrogen-bond acceptors (Lipinski definition) is 6. The van der Waals surface area contributed by atoms with Crippen molar-refractivity contribution in [2.75, 3.05) is 34.2 Å². The number of hydrogen-bond donors (Lipinski definition) is 0. The molecule has 0 aromatic heterocycles. The lowest BCUT2D eigenvalue weighted by molar-refractivity contribution is -0.128. The number of ether oxygens (including phenoxy) is 4. The van der Waals surface area contributed by atoms with Crippen molar-refractivity contribution in [3.8, 4) is 23.0 Å². The van der Waals surface area contributed by atoms with Gasteiger partial charge in [-0.1, -0.05) is 18.2 Å². The smallest absolute Gasteiger partial charge is 0.234 e. The highest BCUT2D eigenvalue weighted by Crippen LogP contribution is 2.46. The molecule has 2 aromatic rings. The Morgan fingerprint density at radius 1 is 0.963 bits per heavy atom. The third kappa shape index (κ3) is 3.78. The molecule has 1 heterocycles. The van der Waals surface area contributed by atoms with Crippen LogP contribution in [0.15, 0.2) is 36.4 Å². The summed E-state index contributed by atoms with van der Waals surface area (Å²) < 4.78 is 21.6. The Hall–Kier alpha value is -2.54. The quantitative estimate of drug-likeness (QED) is 0.723. The van der Waals surface area contributed by atoms with Crippen LogP contribution in [-0.4, -0.2) is 45.0 Å². The lowest BCUT2D eigenvalue weighted by atomic mass is 10.1. The van der Waals surface area contributed by atoms with Gasteiger partial charge in [-0.3, -0.25) is 4.79 Å². The zero-order valence-electron chi connectivity index (χ0n) is 15.9. The van der Waals surface area contributed by atoms with Crippen molar-refractivity contribution < 1.29 is 23.7 Å². The average molecular weight is 389 g/mol. The third-order valence-corrected chi connectivity index (χ3v) is 5.71. The summed E-state index contributed by atoms with van der Waals surface area (Å²) in [6.45, 7) is 0.469. The van der Waals surface area contributed by atoms with E-state index in [1.165, 1.54) is 0 Å². The van der Waals surface area contributed by atoms with Gasteiger partial charge in [-0.25, -0.2) is 0 Å². The van der Waals surface area contributed by atoms with Crippen LogP contribution in [0.3, 0.4) is 0 Å². The molecule has 3 rings (SSSR count). The minimum absolute atomic E-state index is 0.0876. The van der Waals surface area contributed by atoms with Crippen molar-refractivity contribution in [3.63, 3.8) is 0 Å². The van der Waals surface area contributed by atoms with Gasteiger partial charge >= 0.3 is 0 Å².